The number of nitro groups is 1. The van der Waals surface area contributed by atoms with Gasteiger partial charge in [-0.1, -0.05) is 12.1 Å². The second kappa shape index (κ2) is 3.86. The predicted octanol–water partition coefficient (Wildman–Crippen LogP) is 2.55. The Bertz CT molecular complexity index is 474. The number of rotatable bonds is 3. The molecule has 0 aliphatic heterocycles. The molecule has 0 amide bonds. The summed E-state index contributed by atoms with van der Waals surface area (Å²) in [5, 5.41) is 19.5. The molecule has 0 aromatic heterocycles. The van der Waals surface area contributed by atoms with Gasteiger partial charge in [-0.3, -0.25) is 14.9 Å². The van der Waals surface area contributed by atoms with Gasteiger partial charge in [0.15, 0.2) is 0 Å². The number of hydrogen-bond donors (Lipinski definition) is 1. The van der Waals surface area contributed by atoms with E-state index in [0.717, 1.165) is 0 Å². The average Bonchev–Trinajstić information content (AvgIpc) is 2.97. The molecular weight excluding hydrogens is 278 g/mol. The molecule has 16 heavy (non-hydrogen) atoms. The Kier molecular flexibility index (Phi) is 2.67. The lowest BCUT2D eigenvalue weighted by Crippen LogP contribution is -2.00. The Labute approximate surface area is 99.4 Å². The summed E-state index contributed by atoms with van der Waals surface area (Å²) < 4.78 is 0.397. The van der Waals surface area contributed by atoms with Crippen molar-refractivity contribution in [1.82, 2.24) is 0 Å². The summed E-state index contributed by atoms with van der Waals surface area (Å²) in [4.78, 5) is 20.9. The third kappa shape index (κ3) is 1.80. The van der Waals surface area contributed by atoms with Gasteiger partial charge in [-0.15, -0.1) is 0 Å². The van der Waals surface area contributed by atoms with E-state index >= 15 is 0 Å². The quantitative estimate of drug-likeness (QED) is 0.684. The fraction of sp³-hybridized carbons (Fsp3) is 0.300. The number of benzene rings is 1. The van der Waals surface area contributed by atoms with Gasteiger partial charge in [0, 0.05) is 6.07 Å². The molecule has 1 aliphatic carbocycles. The van der Waals surface area contributed by atoms with Crippen LogP contribution in [0.4, 0.5) is 5.69 Å². The van der Waals surface area contributed by atoms with Gasteiger partial charge in [-0.05, 0) is 33.8 Å². The van der Waals surface area contributed by atoms with Gasteiger partial charge in [0.25, 0.3) is 5.69 Å². The van der Waals surface area contributed by atoms with Gasteiger partial charge in [-0.25, -0.2) is 0 Å². The van der Waals surface area contributed by atoms with Gasteiger partial charge in [0.1, 0.15) is 0 Å². The highest BCUT2D eigenvalue weighted by Crippen LogP contribution is 2.51. The van der Waals surface area contributed by atoms with Gasteiger partial charge in [-0.2, -0.15) is 0 Å². The van der Waals surface area contributed by atoms with E-state index in [2.05, 4.69) is 15.9 Å². The highest BCUT2D eigenvalue weighted by molar-refractivity contribution is 9.10. The molecule has 1 aromatic rings. The van der Waals surface area contributed by atoms with Crippen molar-refractivity contribution in [2.75, 3.05) is 0 Å². The Hall–Kier alpha value is -1.43. The molecule has 0 saturated heterocycles. The highest BCUT2D eigenvalue weighted by atomic mass is 79.9. The first-order valence-electron chi connectivity index (χ1n) is 4.68. The molecule has 1 fully saturated rings. The maximum Gasteiger partial charge on any atom is 0.307 e. The number of aliphatic carboxylic acids is 1. The normalized spacial score (nSPS) is 22.8. The second-order valence-corrected chi connectivity index (χ2v) is 4.52. The maximum absolute atomic E-state index is 10.7. The van der Waals surface area contributed by atoms with E-state index in [1.165, 1.54) is 6.07 Å². The van der Waals surface area contributed by atoms with Gasteiger partial charge in [0.2, 0.25) is 0 Å². The SMILES string of the molecule is O=C(O)C1CC1c1cccc([N+](=O)[O-])c1Br. The van der Waals surface area contributed by atoms with Crippen LogP contribution in [0, 0.1) is 16.0 Å². The molecule has 0 radical (unpaired) electrons. The van der Waals surface area contributed by atoms with E-state index in [4.69, 9.17) is 5.11 Å². The maximum atomic E-state index is 10.7. The monoisotopic (exact) mass is 285 g/mol. The van der Waals surface area contributed by atoms with Gasteiger partial charge < -0.3 is 5.11 Å². The van der Waals surface area contributed by atoms with E-state index in [-0.39, 0.29) is 11.6 Å². The van der Waals surface area contributed by atoms with E-state index in [1.807, 2.05) is 0 Å². The third-order valence-electron chi connectivity index (χ3n) is 2.71. The standard InChI is InChI=1S/C10H8BrNO4/c11-9-5(6-4-7(6)10(13)14)2-1-3-8(9)12(15)16/h1-3,6-7H,4H2,(H,13,14). The fourth-order valence-corrected chi connectivity index (χ4v) is 2.48. The molecule has 0 spiro atoms. The molecule has 0 bridgehead atoms. The van der Waals surface area contributed by atoms with Crippen LogP contribution >= 0.6 is 15.9 Å². The van der Waals surface area contributed by atoms with Crippen LogP contribution < -0.4 is 0 Å². The Morgan fingerprint density at radius 2 is 2.25 bits per heavy atom. The largest absolute Gasteiger partial charge is 0.481 e. The van der Waals surface area contributed by atoms with Crippen LogP contribution in [0.2, 0.25) is 0 Å². The number of nitrogens with zero attached hydrogens (tertiary/aromatic N) is 1. The minimum atomic E-state index is -0.844. The zero-order valence-electron chi connectivity index (χ0n) is 8.09. The number of carboxylic acid groups (broad SMARTS) is 1. The van der Waals surface area contributed by atoms with Crippen molar-refractivity contribution in [1.29, 1.82) is 0 Å². The second-order valence-electron chi connectivity index (χ2n) is 3.72. The molecule has 2 rings (SSSR count). The molecule has 2 unspecified atom stereocenters. The molecule has 1 N–H and O–H groups in total. The van der Waals surface area contributed by atoms with Crippen LogP contribution in [-0.4, -0.2) is 16.0 Å². The van der Waals surface area contributed by atoms with Crippen LogP contribution in [-0.2, 0) is 4.79 Å². The summed E-state index contributed by atoms with van der Waals surface area (Å²) in [6.07, 6.45) is 0.551. The summed E-state index contributed by atoms with van der Waals surface area (Å²) in [6.45, 7) is 0. The number of nitro benzene ring substituents is 1. The molecule has 2 atom stereocenters. The van der Waals surface area contributed by atoms with Crippen molar-refractivity contribution < 1.29 is 14.8 Å². The molecule has 5 nitrogen and oxygen atoms in total. The van der Waals surface area contributed by atoms with Crippen molar-refractivity contribution in [3.8, 4) is 0 Å². The molecule has 84 valence electrons. The smallest absolute Gasteiger partial charge is 0.307 e. The molecule has 0 heterocycles. The minimum absolute atomic E-state index is 0.0199. The summed E-state index contributed by atoms with van der Waals surface area (Å²) in [6, 6.07) is 4.70. The highest BCUT2D eigenvalue weighted by Gasteiger charge is 2.45. The fourth-order valence-electron chi connectivity index (χ4n) is 1.78. The zero-order valence-corrected chi connectivity index (χ0v) is 9.68. The van der Waals surface area contributed by atoms with E-state index < -0.39 is 16.8 Å². The van der Waals surface area contributed by atoms with Gasteiger partial charge in [0.05, 0.1) is 15.3 Å². The first-order chi connectivity index (χ1) is 7.52. The van der Waals surface area contributed by atoms with E-state index in [9.17, 15) is 14.9 Å². The Morgan fingerprint density at radius 3 is 2.75 bits per heavy atom. The van der Waals surface area contributed by atoms with Gasteiger partial charge >= 0.3 is 5.97 Å². The molecule has 1 aliphatic rings. The van der Waals surface area contributed by atoms with Crippen LogP contribution in [0.5, 0.6) is 0 Å². The lowest BCUT2D eigenvalue weighted by Gasteiger charge is -2.02. The lowest BCUT2D eigenvalue weighted by atomic mass is 10.1. The molecular formula is C10H8BrNO4. The zero-order chi connectivity index (χ0) is 11.9. The van der Waals surface area contributed by atoms with Crippen LogP contribution in [0.3, 0.4) is 0 Å². The van der Waals surface area contributed by atoms with Crippen LogP contribution in [0.25, 0.3) is 0 Å². The first kappa shape index (κ1) is 11.1. The van der Waals surface area contributed by atoms with E-state index in [0.29, 0.717) is 16.5 Å². The number of halogens is 1. The summed E-state index contributed by atoms with van der Waals surface area (Å²) >= 11 is 3.16. The number of hydrogen-bond acceptors (Lipinski definition) is 3. The summed E-state index contributed by atoms with van der Waals surface area (Å²) in [5.41, 5.74) is 0.690. The topological polar surface area (TPSA) is 80.4 Å². The van der Waals surface area contributed by atoms with Crippen molar-refractivity contribution in [3.05, 3.63) is 38.3 Å². The minimum Gasteiger partial charge on any atom is -0.481 e. The summed E-state index contributed by atoms with van der Waals surface area (Å²) in [7, 11) is 0. The first-order valence-corrected chi connectivity index (χ1v) is 5.47. The lowest BCUT2D eigenvalue weighted by molar-refractivity contribution is -0.385. The van der Waals surface area contributed by atoms with Crippen LogP contribution in [0.1, 0.15) is 17.9 Å². The molecule has 6 heteroatoms. The van der Waals surface area contributed by atoms with Crippen molar-refractivity contribution in [2.45, 2.75) is 12.3 Å². The van der Waals surface area contributed by atoms with Crippen molar-refractivity contribution in [3.63, 3.8) is 0 Å². The number of carbonyl (C=O) groups is 1. The average molecular weight is 286 g/mol. The van der Waals surface area contributed by atoms with Crippen molar-refractivity contribution >= 4 is 27.6 Å². The van der Waals surface area contributed by atoms with E-state index in [1.54, 1.807) is 12.1 Å². The molecule has 1 aromatic carbocycles. The Morgan fingerprint density at radius 1 is 1.56 bits per heavy atom. The predicted molar refractivity (Wildman–Crippen MR) is 59.3 cm³/mol. The summed E-state index contributed by atoms with van der Waals surface area (Å²) in [5.74, 6) is -1.35. The Balaban J connectivity index is 2.34. The van der Waals surface area contributed by atoms with Crippen LogP contribution in [0.15, 0.2) is 22.7 Å². The van der Waals surface area contributed by atoms with Crippen molar-refractivity contribution in [2.24, 2.45) is 5.92 Å². The number of carboxylic acids is 1. The molecule has 1 saturated carbocycles. The third-order valence-corrected chi connectivity index (χ3v) is 3.58.